The van der Waals surface area contributed by atoms with Gasteiger partial charge in [0.25, 0.3) is 0 Å². The minimum Gasteiger partial charge on any atom is -0.342 e. The molecular weight excluding hydrogens is 260 g/mol. The van der Waals surface area contributed by atoms with Crippen LogP contribution in [-0.4, -0.2) is 9.97 Å². The molecule has 1 aromatic heterocycles. The molecule has 0 aliphatic rings. The topological polar surface area (TPSA) is 54.7 Å². The zero-order valence-electron chi connectivity index (χ0n) is 10.6. The van der Waals surface area contributed by atoms with Gasteiger partial charge >= 0.3 is 0 Å². The minimum absolute atomic E-state index is 0.216. The molecule has 0 radical (unpaired) electrons. The number of nitrogens with two attached hydrogens (primary N) is 1. The number of hydrogen-bond donors (Lipinski definition) is 2. The molecule has 0 bridgehead atoms. The number of rotatable bonds is 3. The Labute approximate surface area is 114 Å². The molecule has 3 rings (SSSR count). The van der Waals surface area contributed by atoms with E-state index in [1.807, 2.05) is 30.3 Å². The Hall–Kier alpha value is -2.27. The van der Waals surface area contributed by atoms with Gasteiger partial charge in [-0.25, -0.2) is 13.8 Å². The van der Waals surface area contributed by atoms with Gasteiger partial charge in [0.2, 0.25) is 0 Å². The molecule has 0 aliphatic heterocycles. The Morgan fingerprint density at radius 3 is 2.55 bits per heavy atom. The summed E-state index contributed by atoms with van der Waals surface area (Å²) in [6, 6.07) is 11.6. The quantitative estimate of drug-likeness (QED) is 0.770. The van der Waals surface area contributed by atoms with E-state index in [-0.39, 0.29) is 6.04 Å². The maximum atomic E-state index is 13.1. The van der Waals surface area contributed by atoms with Gasteiger partial charge in [-0.15, -0.1) is 0 Å². The molecule has 0 aliphatic carbocycles. The fourth-order valence-corrected chi connectivity index (χ4v) is 2.18. The van der Waals surface area contributed by atoms with Crippen molar-refractivity contribution in [3.63, 3.8) is 0 Å². The summed E-state index contributed by atoms with van der Waals surface area (Å²) >= 11 is 0. The van der Waals surface area contributed by atoms with Gasteiger partial charge in [-0.1, -0.05) is 30.3 Å². The zero-order valence-corrected chi connectivity index (χ0v) is 10.6. The van der Waals surface area contributed by atoms with Crippen molar-refractivity contribution in [1.82, 2.24) is 9.97 Å². The van der Waals surface area contributed by atoms with Gasteiger partial charge < -0.3 is 10.7 Å². The Morgan fingerprint density at radius 1 is 1.10 bits per heavy atom. The monoisotopic (exact) mass is 273 g/mol. The molecule has 2 aromatic carbocycles. The number of aromatic amines is 1. The van der Waals surface area contributed by atoms with E-state index in [2.05, 4.69) is 9.97 Å². The summed E-state index contributed by atoms with van der Waals surface area (Å²) in [7, 11) is 0. The first kappa shape index (κ1) is 12.7. The summed E-state index contributed by atoms with van der Waals surface area (Å²) in [6.45, 7) is 0. The van der Waals surface area contributed by atoms with Crippen LogP contribution in [0.1, 0.15) is 17.4 Å². The van der Waals surface area contributed by atoms with E-state index in [4.69, 9.17) is 5.73 Å². The van der Waals surface area contributed by atoms with Gasteiger partial charge in [0.05, 0.1) is 11.0 Å². The van der Waals surface area contributed by atoms with Crippen molar-refractivity contribution in [3.05, 3.63) is 65.5 Å². The van der Waals surface area contributed by atoms with Gasteiger partial charge in [-0.3, -0.25) is 0 Å². The number of hydrogen-bond acceptors (Lipinski definition) is 2. The molecule has 0 fully saturated rings. The molecule has 0 saturated heterocycles. The third-order valence-electron chi connectivity index (χ3n) is 3.21. The van der Waals surface area contributed by atoms with E-state index < -0.39 is 11.6 Å². The molecule has 102 valence electrons. The third kappa shape index (κ3) is 2.40. The normalized spacial score (nSPS) is 12.8. The Bertz CT molecular complexity index is 698. The SMILES string of the molecule is NC(Cc1nc2cc(F)c(F)cc2[nH]1)c1ccccc1. The molecule has 0 amide bonds. The highest BCUT2D eigenvalue weighted by molar-refractivity contribution is 5.75. The lowest BCUT2D eigenvalue weighted by molar-refractivity contribution is 0.510. The molecule has 1 unspecified atom stereocenters. The smallest absolute Gasteiger partial charge is 0.161 e. The zero-order chi connectivity index (χ0) is 14.1. The fourth-order valence-electron chi connectivity index (χ4n) is 2.18. The summed E-state index contributed by atoms with van der Waals surface area (Å²) in [5, 5.41) is 0. The molecule has 0 spiro atoms. The number of fused-ring (bicyclic) bond motifs is 1. The summed E-state index contributed by atoms with van der Waals surface area (Å²) in [6.07, 6.45) is 0.474. The van der Waals surface area contributed by atoms with E-state index in [1.54, 1.807) is 0 Å². The van der Waals surface area contributed by atoms with Crippen LogP contribution in [0.2, 0.25) is 0 Å². The van der Waals surface area contributed by atoms with Crippen LogP contribution in [0.15, 0.2) is 42.5 Å². The second-order valence-electron chi connectivity index (χ2n) is 4.69. The Morgan fingerprint density at radius 2 is 1.80 bits per heavy atom. The van der Waals surface area contributed by atoms with Crippen molar-refractivity contribution in [2.24, 2.45) is 5.73 Å². The van der Waals surface area contributed by atoms with Crippen molar-refractivity contribution in [2.45, 2.75) is 12.5 Å². The standard InChI is InChI=1S/C15H13F2N3/c16-10-6-13-14(7-11(10)17)20-15(19-13)8-12(18)9-4-2-1-3-5-9/h1-7,12H,8,18H2,(H,19,20). The van der Waals surface area contributed by atoms with Crippen molar-refractivity contribution >= 4 is 11.0 Å². The first-order valence-electron chi connectivity index (χ1n) is 6.27. The number of nitrogens with zero attached hydrogens (tertiary/aromatic N) is 1. The molecule has 3 N–H and O–H groups in total. The second kappa shape index (κ2) is 5.02. The van der Waals surface area contributed by atoms with Crippen LogP contribution >= 0.6 is 0 Å². The van der Waals surface area contributed by atoms with Crippen molar-refractivity contribution in [1.29, 1.82) is 0 Å². The number of halogens is 2. The van der Waals surface area contributed by atoms with E-state index in [0.29, 0.717) is 23.3 Å². The highest BCUT2D eigenvalue weighted by Gasteiger charge is 2.12. The number of nitrogens with one attached hydrogen (secondary N) is 1. The van der Waals surface area contributed by atoms with Gasteiger partial charge in [-0.2, -0.15) is 0 Å². The highest BCUT2D eigenvalue weighted by atomic mass is 19.2. The van der Waals surface area contributed by atoms with Gasteiger partial charge in [-0.05, 0) is 5.56 Å². The van der Waals surface area contributed by atoms with Crippen LogP contribution in [0.3, 0.4) is 0 Å². The largest absolute Gasteiger partial charge is 0.342 e. The number of aromatic nitrogens is 2. The van der Waals surface area contributed by atoms with Crippen LogP contribution in [0, 0.1) is 11.6 Å². The average molecular weight is 273 g/mol. The Kier molecular flexibility index (Phi) is 3.20. The summed E-state index contributed by atoms with van der Waals surface area (Å²) in [5.41, 5.74) is 7.96. The lowest BCUT2D eigenvalue weighted by Gasteiger charge is -2.09. The van der Waals surface area contributed by atoms with E-state index in [9.17, 15) is 8.78 Å². The lowest BCUT2D eigenvalue weighted by Crippen LogP contribution is -2.13. The van der Waals surface area contributed by atoms with Crippen LogP contribution < -0.4 is 5.73 Å². The number of benzene rings is 2. The first-order valence-corrected chi connectivity index (χ1v) is 6.27. The third-order valence-corrected chi connectivity index (χ3v) is 3.21. The molecule has 0 saturated carbocycles. The van der Waals surface area contributed by atoms with E-state index in [1.165, 1.54) is 0 Å². The molecular formula is C15H13F2N3. The highest BCUT2D eigenvalue weighted by Crippen LogP contribution is 2.19. The van der Waals surface area contributed by atoms with Crippen molar-refractivity contribution < 1.29 is 8.78 Å². The predicted octanol–water partition coefficient (Wildman–Crippen LogP) is 3.08. The number of imidazole rings is 1. The maximum Gasteiger partial charge on any atom is 0.161 e. The van der Waals surface area contributed by atoms with E-state index in [0.717, 1.165) is 17.7 Å². The molecule has 3 nitrogen and oxygen atoms in total. The van der Waals surface area contributed by atoms with Gasteiger partial charge in [0.15, 0.2) is 11.6 Å². The van der Waals surface area contributed by atoms with Crippen LogP contribution in [0.5, 0.6) is 0 Å². The lowest BCUT2D eigenvalue weighted by atomic mass is 10.0. The molecule has 1 atom stereocenters. The van der Waals surface area contributed by atoms with Crippen molar-refractivity contribution in [2.75, 3.05) is 0 Å². The fraction of sp³-hybridized carbons (Fsp3) is 0.133. The van der Waals surface area contributed by atoms with Crippen LogP contribution in [0.4, 0.5) is 8.78 Å². The summed E-state index contributed by atoms with van der Waals surface area (Å²) < 4.78 is 26.3. The minimum atomic E-state index is -0.900. The predicted molar refractivity (Wildman–Crippen MR) is 73.1 cm³/mol. The molecule has 3 aromatic rings. The molecule has 5 heteroatoms. The second-order valence-corrected chi connectivity index (χ2v) is 4.69. The molecule has 20 heavy (non-hydrogen) atoms. The van der Waals surface area contributed by atoms with Gasteiger partial charge in [0.1, 0.15) is 5.82 Å². The van der Waals surface area contributed by atoms with Crippen LogP contribution in [0.25, 0.3) is 11.0 Å². The van der Waals surface area contributed by atoms with Gasteiger partial charge in [0, 0.05) is 24.6 Å². The van der Waals surface area contributed by atoms with Crippen LogP contribution in [-0.2, 0) is 6.42 Å². The molecule has 1 heterocycles. The number of H-pyrrole nitrogens is 1. The maximum absolute atomic E-state index is 13.1. The average Bonchev–Trinajstić information content (AvgIpc) is 2.81. The summed E-state index contributed by atoms with van der Waals surface area (Å²) in [4.78, 5) is 7.20. The first-order chi connectivity index (χ1) is 9.63. The Balaban J connectivity index is 1.88. The summed E-state index contributed by atoms with van der Waals surface area (Å²) in [5.74, 6) is -1.18. The van der Waals surface area contributed by atoms with E-state index >= 15 is 0 Å². The van der Waals surface area contributed by atoms with Crippen molar-refractivity contribution in [3.8, 4) is 0 Å².